The van der Waals surface area contributed by atoms with Crippen molar-refractivity contribution in [3.05, 3.63) is 58.6 Å². The van der Waals surface area contributed by atoms with Gasteiger partial charge in [-0.1, -0.05) is 29.8 Å². The topological polar surface area (TPSA) is 64.3 Å². The van der Waals surface area contributed by atoms with E-state index in [1.54, 1.807) is 18.2 Å². The van der Waals surface area contributed by atoms with Crippen molar-refractivity contribution < 1.29 is 9.53 Å². The van der Waals surface area contributed by atoms with Gasteiger partial charge in [0.05, 0.1) is 23.4 Å². The van der Waals surface area contributed by atoms with Crippen LogP contribution < -0.4 is 11.1 Å². The summed E-state index contributed by atoms with van der Waals surface area (Å²) in [6.07, 6.45) is 0. The molecule has 0 aliphatic carbocycles. The van der Waals surface area contributed by atoms with E-state index in [1.807, 2.05) is 24.3 Å². The second-order valence-corrected chi connectivity index (χ2v) is 4.65. The molecular formula is C15H15ClN2O2. The molecule has 0 aliphatic rings. The molecule has 0 spiro atoms. The van der Waals surface area contributed by atoms with Crippen LogP contribution in [0.25, 0.3) is 0 Å². The van der Waals surface area contributed by atoms with E-state index in [9.17, 15) is 4.79 Å². The molecule has 0 aromatic heterocycles. The van der Waals surface area contributed by atoms with Crippen LogP contribution in [0.15, 0.2) is 42.5 Å². The molecule has 0 atom stereocenters. The van der Waals surface area contributed by atoms with Crippen LogP contribution in [-0.4, -0.2) is 13.1 Å². The van der Waals surface area contributed by atoms with Crippen molar-refractivity contribution in [2.45, 2.75) is 6.54 Å². The van der Waals surface area contributed by atoms with Crippen LogP contribution in [0, 0.1) is 0 Å². The summed E-state index contributed by atoms with van der Waals surface area (Å²) in [5.74, 6) is -0.399. The van der Waals surface area contributed by atoms with Crippen molar-refractivity contribution in [1.29, 1.82) is 0 Å². The second-order valence-electron chi connectivity index (χ2n) is 4.24. The minimum Gasteiger partial charge on any atom is -0.465 e. The van der Waals surface area contributed by atoms with E-state index in [2.05, 4.69) is 10.1 Å². The van der Waals surface area contributed by atoms with E-state index in [1.165, 1.54) is 7.11 Å². The number of anilines is 2. The number of esters is 1. The Morgan fingerprint density at radius 1 is 1.30 bits per heavy atom. The average molecular weight is 291 g/mol. The van der Waals surface area contributed by atoms with Gasteiger partial charge in [-0.25, -0.2) is 4.79 Å². The van der Waals surface area contributed by atoms with Crippen LogP contribution in [-0.2, 0) is 11.3 Å². The Labute approximate surface area is 122 Å². The van der Waals surface area contributed by atoms with Crippen LogP contribution in [0.4, 0.5) is 11.4 Å². The molecule has 0 radical (unpaired) electrons. The molecule has 0 aliphatic heterocycles. The zero-order chi connectivity index (χ0) is 14.5. The number of nitrogens with two attached hydrogens (primary N) is 1. The first-order valence-electron chi connectivity index (χ1n) is 6.07. The molecule has 2 rings (SSSR count). The lowest BCUT2D eigenvalue weighted by Gasteiger charge is -2.11. The lowest BCUT2D eigenvalue weighted by Crippen LogP contribution is -2.05. The van der Waals surface area contributed by atoms with Gasteiger partial charge < -0.3 is 15.8 Å². The van der Waals surface area contributed by atoms with E-state index < -0.39 is 5.97 Å². The summed E-state index contributed by atoms with van der Waals surface area (Å²) in [6.45, 7) is 0.525. The minimum atomic E-state index is -0.399. The van der Waals surface area contributed by atoms with E-state index >= 15 is 0 Å². The molecule has 104 valence electrons. The third-order valence-electron chi connectivity index (χ3n) is 2.91. The number of benzene rings is 2. The largest absolute Gasteiger partial charge is 0.465 e. The Hall–Kier alpha value is -2.20. The number of hydrogen-bond donors (Lipinski definition) is 2. The maximum absolute atomic E-state index is 11.5. The third-order valence-corrected chi connectivity index (χ3v) is 3.24. The number of nitrogen functional groups attached to an aromatic ring is 1. The standard InChI is InChI=1S/C15H15ClN2O2/c1-20-15(19)10-6-7-12(16)14(8-10)18-9-11-4-2-3-5-13(11)17/h2-8,18H,9,17H2,1H3. The molecule has 0 saturated carbocycles. The predicted octanol–water partition coefficient (Wildman–Crippen LogP) is 3.32. The number of hydrogen-bond acceptors (Lipinski definition) is 4. The van der Waals surface area contributed by atoms with Crippen molar-refractivity contribution in [2.24, 2.45) is 0 Å². The molecule has 0 heterocycles. The molecule has 5 heteroatoms. The normalized spacial score (nSPS) is 10.1. The van der Waals surface area contributed by atoms with Crippen molar-refractivity contribution in [3.63, 3.8) is 0 Å². The molecule has 0 amide bonds. The zero-order valence-corrected chi connectivity index (χ0v) is 11.8. The van der Waals surface area contributed by atoms with Gasteiger partial charge in [0.15, 0.2) is 0 Å². The lowest BCUT2D eigenvalue weighted by atomic mass is 10.1. The molecule has 0 fully saturated rings. The fourth-order valence-electron chi connectivity index (χ4n) is 1.79. The van der Waals surface area contributed by atoms with Gasteiger partial charge in [0.1, 0.15) is 0 Å². The Morgan fingerprint density at radius 3 is 2.75 bits per heavy atom. The van der Waals surface area contributed by atoms with Crippen molar-refractivity contribution in [3.8, 4) is 0 Å². The van der Waals surface area contributed by atoms with Crippen molar-refractivity contribution >= 4 is 28.9 Å². The highest BCUT2D eigenvalue weighted by Gasteiger charge is 2.09. The first-order chi connectivity index (χ1) is 9.61. The van der Waals surface area contributed by atoms with E-state index in [4.69, 9.17) is 17.3 Å². The SMILES string of the molecule is COC(=O)c1ccc(Cl)c(NCc2ccccc2N)c1. The van der Waals surface area contributed by atoms with Gasteiger partial charge in [-0.3, -0.25) is 0 Å². The maximum Gasteiger partial charge on any atom is 0.337 e. The summed E-state index contributed by atoms with van der Waals surface area (Å²) in [5.41, 5.74) is 8.66. The first kappa shape index (κ1) is 14.2. The molecule has 0 unspecified atom stereocenters. The molecule has 0 bridgehead atoms. The molecule has 4 nitrogen and oxygen atoms in total. The minimum absolute atomic E-state index is 0.399. The molecular weight excluding hydrogens is 276 g/mol. The fraction of sp³-hybridized carbons (Fsp3) is 0.133. The number of halogens is 1. The highest BCUT2D eigenvalue weighted by molar-refractivity contribution is 6.33. The Balaban J connectivity index is 2.17. The first-order valence-corrected chi connectivity index (χ1v) is 6.44. The summed E-state index contributed by atoms with van der Waals surface area (Å²) in [5, 5.41) is 3.70. The number of carbonyl (C=O) groups is 1. The van der Waals surface area contributed by atoms with E-state index in [0.29, 0.717) is 28.5 Å². The quantitative estimate of drug-likeness (QED) is 0.670. The summed E-state index contributed by atoms with van der Waals surface area (Å²) >= 11 is 6.10. The van der Waals surface area contributed by atoms with Gasteiger partial charge in [0.25, 0.3) is 0 Å². The van der Waals surface area contributed by atoms with Gasteiger partial charge in [-0.05, 0) is 29.8 Å². The highest BCUT2D eigenvalue weighted by Crippen LogP contribution is 2.24. The number of methoxy groups -OCH3 is 1. The smallest absolute Gasteiger partial charge is 0.337 e. The van der Waals surface area contributed by atoms with Crippen LogP contribution in [0.5, 0.6) is 0 Å². The van der Waals surface area contributed by atoms with Crippen LogP contribution in [0.1, 0.15) is 15.9 Å². The Morgan fingerprint density at radius 2 is 2.05 bits per heavy atom. The monoisotopic (exact) mass is 290 g/mol. The molecule has 0 saturated heterocycles. The predicted molar refractivity (Wildman–Crippen MR) is 81.0 cm³/mol. The number of para-hydroxylation sites is 1. The Bertz CT molecular complexity index is 629. The van der Waals surface area contributed by atoms with Gasteiger partial charge in [-0.15, -0.1) is 0 Å². The van der Waals surface area contributed by atoms with Gasteiger partial charge >= 0.3 is 5.97 Å². The Kier molecular flexibility index (Phi) is 4.48. The van der Waals surface area contributed by atoms with Crippen LogP contribution >= 0.6 is 11.6 Å². The van der Waals surface area contributed by atoms with Crippen molar-refractivity contribution in [2.75, 3.05) is 18.2 Å². The summed E-state index contributed by atoms with van der Waals surface area (Å²) in [4.78, 5) is 11.5. The van der Waals surface area contributed by atoms with Gasteiger partial charge in [0, 0.05) is 12.2 Å². The second kappa shape index (κ2) is 6.30. The number of rotatable bonds is 4. The molecule has 2 aromatic carbocycles. The number of nitrogens with one attached hydrogen (secondary N) is 1. The average Bonchev–Trinajstić information content (AvgIpc) is 2.47. The maximum atomic E-state index is 11.5. The summed E-state index contributed by atoms with van der Waals surface area (Å²) in [6, 6.07) is 12.5. The molecule has 3 N–H and O–H groups in total. The van der Waals surface area contributed by atoms with Gasteiger partial charge in [-0.2, -0.15) is 0 Å². The number of ether oxygens (including phenoxy) is 1. The fourth-order valence-corrected chi connectivity index (χ4v) is 1.98. The van der Waals surface area contributed by atoms with Crippen LogP contribution in [0.2, 0.25) is 5.02 Å². The third kappa shape index (κ3) is 3.22. The van der Waals surface area contributed by atoms with Gasteiger partial charge in [0.2, 0.25) is 0 Å². The molecule has 20 heavy (non-hydrogen) atoms. The summed E-state index contributed by atoms with van der Waals surface area (Å²) in [7, 11) is 1.34. The summed E-state index contributed by atoms with van der Waals surface area (Å²) < 4.78 is 4.68. The van der Waals surface area contributed by atoms with Crippen LogP contribution in [0.3, 0.4) is 0 Å². The van der Waals surface area contributed by atoms with E-state index in [0.717, 1.165) is 5.56 Å². The number of carbonyl (C=O) groups excluding carboxylic acids is 1. The lowest BCUT2D eigenvalue weighted by molar-refractivity contribution is 0.0601. The zero-order valence-electron chi connectivity index (χ0n) is 11.0. The van der Waals surface area contributed by atoms with E-state index in [-0.39, 0.29) is 0 Å². The highest BCUT2D eigenvalue weighted by atomic mass is 35.5. The molecule has 2 aromatic rings. The van der Waals surface area contributed by atoms with Crippen molar-refractivity contribution in [1.82, 2.24) is 0 Å².